The fourth-order valence-corrected chi connectivity index (χ4v) is 3.85. The molecule has 0 bridgehead atoms. The minimum atomic E-state index is -0.585. The Balaban J connectivity index is 2.17. The summed E-state index contributed by atoms with van der Waals surface area (Å²) < 4.78 is 4.01. The number of aromatic nitrogens is 3. The van der Waals surface area contributed by atoms with Gasteiger partial charge in [0, 0.05) is 22.6 Å². The summed E-state index contributed by atoms with van der Waals surface area (Å²) in [5, 5.41) is 17.7. The van der Waals surface area contributed by atoms with Crippen LogP contribution in [0.2, 0.25) is 0 Å². The van der Waals surface area contributed by atoms with Crippen LogP contribution < -0.4 is 0 Å². The van der Waals surface area contributed by atoms with Gasteiger partial charge in [-0.15, -0.1) is 16.4 Å². The van der Waals surface area contributed by atoms with Crippen LogP contribution in [0.4, 0.5) is 0 Å². The van der Waals surface area contributed by atoms with Crippen LogP contribution in [0.3, 0.4) is 0 Å². The SMILES string of the molecule is CC(C)(C)c1csc(CC(O)c2snnc2C(C)(C)C)n1. The van der Waals surface area contributed by atoms with Crippen LogP contribution in [0.5, 0.6) is 0 Å². The smallest absolute Gasteiger partial charge is 0.0980 e. The lowest BCUT2D eigenvalue weighted by molar-refractivity contribution is 0.179. The Morgan fingerprint density at radius 2 is 1.81 bits per heavy atom. The first-order valence-electron chi connectivity index (χ1n) is 7.04. The largest absolute Gasteiger partial charge is 0.387 e. The van der Waals surface area contributed by atoms with Crippen molar-refractivity contribution < 1.29 is 5.11 Å². The average molecular weight is 326 g/mol. The molecule has 0 saturated heterocycles. The van der Waals surface area contributed by atoms with Crippen molar-refractivity contribution >= 4 is 22.9 Å². The molecule has 1 N–H and O–H groups in total. The van der Waals surface area contributed by atoms with E-state index in [2.05, 4.69) is 61.5 Å². The number of thiazole rings is 1. The molecule has 0 aliphatic heterocycles. The molecular formula is C15H23N3OS2. The van der Waals surface area contributed by atoms with Gasteiger partial charge in [-0.1, -0.05) is 46.0 Å². The van der Waals surface area contributed by atoms with Crippen molar-refractivity contribution in [1.29, 1.82) is 0 Å². The van der Waals surface area contributed by atoms with Gasteiger partial charge in [-0.05, 0) is 11.5 Å². The third-order valence-corrected chi connectivity index (χ3v) is 4.91. The molecule has 21 heavy (non-hydrogen) atoms. The molecule has 0 saturated carbocycles. The lowest BCUT2D eigenvalue weighted by Gasteiger charge is -2.18. The van der Waals surface area contributed by atoms with Crippen molar-refractivity contribution in [2.45, 2.75) is 64.9 Å². The maximum atomic E-state index is 10.5. The van der Waals surface area contributed by atoms with E-state index in [4.69, 9.17) is 0 Å². The zero-order chi connectivity index (χ0) is 15.8. The molecule has 0 radical (unpaired) electrons. The second-order valence-electron chi connectivity index (χ2n) is 7.33. The molecule has 0 aliphatic carbocycles. The van der Waals surface area contributed by atoms with Crippen molar-refractivity contribution in [3.05, 3.63) is 26.7 Å². The Morgan fingerprint density at radius 3 is 2.33 bits per heavy atom. The molecule has 0 amide bonds. The van der Waals surface area contributed by atoms with Crippen molar-refractivity contribution in [1.82, 2.24) is 14.6 Å². The van der Waals surface area contributed by atoms with Crippen molar-refractivity contribution in [2.24, 2.45) is 0 Å². The summed E-state index contributed by atoms with van der Waals surface area (Å²) in [6.07, 6.45) is -0.0635. The molecule has 4 nitrogen and oxygen atoms in total. The van der Waals surface area contributed by atoms with Gasteiger partial charge in [-0.25, -0.2) is 4.98 Å². The maximum Gasteiger partial charge on any atom is 0.0980 e. The van der Waals surface area contributed by atoms with Gasteiger partial charge in [0.05, 0.1) is 27.4 Å². The number of aliphatic hydroxyl groups excluding tert-OH is 1. The maximum absolute atomic E-state index is 10.5. The summed E-state index contributed by atoms with van der Waals surface area (Å²) in [5.74, 6) is 0. The Morgan fingerprint density at radius 1 is 1.14 bits per heavy atom. The van der Waals surface area contributed by atoms with Crippen LogP contribution in [0, 0.1) is 0 Å². The number of hydrogen-bond acceptors (Lipinski definition) is 6. The van der Waals surface area contributed by atoms with Gasteiger partial charge in [0.15, 0.2) is 0 Å². The molecule has 2 rings (SSSR count). The first kappa shape index (κ1) is 16.5. The summed E-state index contributed by atoms with van der Waals surface area (Å²) >= 11 is 2.89. The second kappa shape index (κ2) is 5.74. The van der Waals surface area contributed by atoms with Crippen LogP contribution in [0.25, 0.3) is 0 Å². The Hall–Kier alpha value is -0.850. The van der Waals surface area contributed by atoms with E-state index < -0.39 is 6.10 Å². The lowest BCUT2D eigenvalue weighted by Crippen LogP contribution is -2.16. The minimum absolute atomic E-state index is 0.0440. The number of aliphatic hydroxyl groups is 1. The number of hydrogen-bond donors (Lipinski definition) is 1. The molecule has 6 heteroatoms. The molecule has 2 heterocycles. The van der Waals surface area contributed by atoms with Crippen LogP contribution in [-0.4, -0.2) is 19.7 Å². The van der Waals surface area contributed by atoms with Crippen LogP contribution in [-0.2, 0) is 17.3 Å². The van der Waals surface area contributed by atoms with Crippen molar-refractivity contribution in [3.8, 4) is 0 Å². The molecule has 116 valence electrons. The Kier molecular flexibility index (Phi) is 4.52. The van der Waals surface area contributed by atoms with Crippen molar-refractivity contribution in [2.75, 3.05) is 0 Å². The normalized spacial score (nSPS) is 14.4. The fourth-order valence-electron chi connectivity index (χ4n) is 1.94. The van der Waals surface area contributed by atoms with Crippen molar-refractivity contribution in [3.63, 3.8) is 0 Å². The first-order chi connectivity index (χ1) is 9.59. The zero-order valence-corrected chi connectivity index (χ0v) is 15.1. The molecule has 0 fully saturated rings. The Bertz CT molecular complexity index is 605. The molecule has 2 aromatic rings. The second-order valence-corrected chi connectivity index (χ2v) is 9.06. The molecule has 0 aliphatic rings. The molecule has 0 aromatic carbocycles. The predicted molar refractivity (Wildman–Crippen MR) is 88.1 cm³/mol. The van der Waals surface area contributed by atoms with E-state index in [1.165, 1.54) is 11.5 Å². The first-order valence-corrected chi connectivity index (χ1v) is 8.70. The lowest BCUT2D eigenvalue weighted by atomic mass is 9.90. The van der Waals surface area contributed by atoms with Gasteiger partial charge in [0.2, 0.25) is 0 Å². The highest BCUT2D eigenvalue weighted by molar-refractivity contribution is 7.09. The number of rotatable bonds is 3. The monoisotopic (exact) mass is 325 g/mol. The molecule has 2 aromatic heterocycles. The number of nitrogens with zero attached hydrogens (tertiary/aromatic N) is 3. The van der Waals surface area contributed by atoms with E-state index in [9.17, 15) is 5.11 Å². The van der Waals surface area contributed by atoms with Gasteiger partial charge < -0.3 is 5.11 Å². The zero-order valence-electron chi connectivity index (χ0n) is 13.5. The van der Waals surface area contributed by atoms with E-state index in [-0.39, 0.29) is 10.8 Å². The summed E-state index contributed by atoms with van der Waals surface area (Å²) in [4.78, 5) is 5.50. The van der Waals surface area contributed by atoms with Gasteiger partial charge >= 0.3 is 0 Å². The highest BCUT2D eigenvalue weighted by Gasteiger charge is 2.27. The standard InChI is InChI=1S/C15H23N3OS2/c1-14(2,3)10-8-20-11(16-10)7-9(19)12-13(15(4,5)6)17-18-21-12/h8-9,19H,7H2,1-6H3. The van der Waals surface area contributed by atoms with E-state index in [0.717, 1.165) is 21.3 Å². The predicted octanol–water partition coefficient (Wildman–Crippen LogP) is 3.87. The van der Waals surface area contributed by atoms with Gasteiger partial charge in [-0.2, -0.15) is 0 Å². The van der Waals surface area contributed by atoms with E-state index in [1.54, 1.807) is 11.3 Å². The fraction of sp³-hybridized carbons (Fsp3) is 0.667. The van der Waals surface area contributed by atoms with Crippen LogP contribution in [0.15, 0.2) is 5.38 Å². The van der Waals surface area contributed by atoms with Crippen LogP contribution >= 0.6 is 22.9 Å². The third kappa shape index (κ3) is 3.87. The van der Waals surface area contributed by atoms with E-state index in [1.807, 2.05) is 0 Å². The van der Waals surface area contributed by atoms with E-state index in [0.29, 0.717) is 6.42 Å². The topological polar surface area (TPSA) is 58.9 Å². The van der Waals surface area contributed by atoms with Crippen LogP contribution in [0.1, 0.15) is 68.9 Å². The molecule has 0 spiro atoms. The summed E-state index contributed by atoms with van der Waals surface area (Å²) in [5.41, 5.74) is 1.89. The van der Waals surface area contributed by atoms with E-state index >= 15 is 0 Å². The van der Waals surface area contributed by atoms with Gasteiger partial charge in [0.1, 0.15) is 0 Å². The summed E-state index contributed by atoms with van der Waals surface area (Å²) in [7, 11) is 0. The summed E-state index contributed by atoms with van der Waals surface area (Å²) in [6, 6.07) is 0. The Labute approximate surface area is 134 Å². The molecular weight excluding hydrogens is 302 g/mol. The van der Waals surface area contributed by atoms with Gasteiger partial charge in [-0.3, -0.25) is 0 Å². The molecule has 1 atom stereocenters. The third-order valence-electron chi connectivity index (χ3n) is 3.21. The minimum Gasteiger partial charge on any atom is -0.387 e. The molecule has 1 unspecified atom stereocenters. The summed E-state index contributed by atoms with van der Waals surface area (Å²) in [6.45, 7) is 12.7. The quantitative estimate of drug-likeness (QED) is 0.931. The average Bonchev–Trinajstić information content (AvgIpc) is 2.94. The highest BCUT2D eigenvalue weighted by Crippen LogP contribution is 2.33. The van der Waals surface area contributed by atoms with Gasteiger partial charge in [0.25, 0.3) is 0 Å². The highest BCUT2D eigenvalue weighted by atomic mass is 32.1.